The molecule has 0 radical (unpaired) electrons. The molecule has 0 aliphatic carbocycles. The second-order valence-corrected chi connectivity index (χ2v) is 7.08. The van der Waals surface area contributed by atoms with Crippen molar-refractivity contribution in [1.29, 1.82) is 0 Å². The molecule has 1 fully saturated rings. The maximum atomic E-state index is 12.4. The number of rotatable bonds is 3. The van der Waals surface area contributed by atoms with Gasteiger partial charge in [0.25, 0.3) is 0 Å². The van der Waals surface area contributed by atoms with E-state index in [0.29, 0.717) is 11.7 Å². The van der Waals surface area contributed by atoms with E-state index < -0.39 is 0 Å². The normalized spacial score (nSPS) is 18.4. The summed E-state index contributed by atoms with van der Waals surface area (Å²) < 4.78 is 6.49. The average Bonchev–Trinajstić information content (AvgIpc) is 3.04. The molecule has 1 aliphatic rings. The molecule has 1 aromatic carbocycles. The van der Waals surface area contributed by atoms with Gasteiger partial charge in [-0.1, -0.05) is 34.9 Å². The summed E-state index contributed by atoms with van der Waals surface area (Å²) >= 11 is 3.41. The smallest absolute Gasteiger partial charge is 0.249 e. The van der Waals surface area contributed by atoms with E-state index >= 15 is 0 Å². The molecule has 2 heterocycles. The molecular formula is C17H20BrN3O2. The van der Waals surface area contributed by atoms with Crippen LogP contribution >= 0.6 is 15.9 Å². The predicted octanol–water partition coefficient (Wildman–Crippen LogP) is 4.21. The van der Waals surface area contributed by atoms with Gasteiger partial charge in [0.15, 0.2) is 0 Å². The van der Waals surface area contributed by atoms with Crippen molar-refractivity contribution < 1.29 is 9.32 Å². The minimum atomic E-state index is -0.102. The van der Waals surface area contributed by atoms with Crippen molar-refractivity contribution in [3.8, 4) is 11.4 Å². The minimum Gasteiger partial charge on any atom is -0.337 e. The third kappa shape index (κ3) is 3.47. The highest BCUT2D eigenvalue weighted by atomic mass is 79.9. The molecule has 122 valence electrons. The Balaban J connectivity index is 1.85. The van der Waals surface area contributed by atoms with E-state index in [2.05, 4.69) is 26.1 Å². The lowest BCUT2D eigenvalue weighted by atomic mass is 10.00. The molecule has 5 nitrogen and oxygen atoms in total. The third-order valence-electron chi connectivity index (χ3n) is 4.11. The number of hydrogen-bond acceptors (Lipinski definition) is 4. The second-order valence-electron chi connectivity index (χ2n) is 6.16. The number of likely N-dealkylation sites (tertiary alicyclic amines) is 1. The Bertz CT molecular complexity index is 681. The van der Waals surface area contributed by atoms with Crippen LogP contribution in [-0.2, 0) is 4.79 Å². The number of nitrogens with zero attached hydrogens (tertiary/aromatic N) is 3. The van der Waals surface area contributed by atoms with E-state index in [9.17, 15) is 4.79 Å². The Morgan fingerprint density at radius 3 is 2.74 bits per heavy atom. The molecule has 3 rings (SSSR count). The van der Waals surface area contributed by atoms with Gasteiger partial charge in [-0.25, -0.2) is 0 Å². The van der Waals surface area contributed by atoms with E-state index in [1.807, 2.05) is 43.0 Å². The molecule has 0 unspecified atom stereocenters. The molecule has 0 spiro atoms. The molecule has 1 atom stereocenters. The van der Waals surface area contributed by atoms with Gasteiger partial charge in [0.2, 0.25) is 17.6 Å². The maximum Gasteiger partial charge on any atom is 0.249 e. The molecule has 1 aliphatic heterocycles. The van der Waals surface area contributed by atoms with Gasteiger partial charge in [0.1, 0.15) is 6.04 Å². The Hall–Kier alpha value is -1.69. The first-order valence-electron chi connectivity index (χ1n) is 7.96. The first-order chi connectivity index (χ1) is 11.1. The van der Waals surface area contributed by atoms with Crippen LogP contribution in [0.15, 0.2) is 33.3 Å². The standard InChI is InChI=1S/C17H20BrN3O2/c1-11(2)17(22)21-10-4-3-5-14(21)16-19-15(20-23-16)12-6-8-13(18)9-7-12/h6-9,11,14H,3-5,10H2,1-2H3/t14-/m0/s1. The number of hydrogen-bond donors (Lipinski definition) is 0. The summed E-state index contributed by atoms with van der Waals surface area (Å²) in [5.74, 6) is 1.23. The Labute approximate surface area is 144 Å². The Morgan fingerprint density at radius 2 is 2.04 bits per heavy atom. The fourth-order valence-corrected chi connectivity index (χ4v) is 3.13. The lowest BCUT2D eigenvalue weighted by Crippen LogP contribution is -2.40. The molecule has 1 amide bonds. The third-order valence-corrected chi connectivity index (χ3v) is 4.64. The Morgan fingerprint density at radius 1 is 1.30 bits per heavy atom. The van der Waals surface area contributed by atoms with E-state index in [1.54, 1.807) is 0 Å². The van der Waals surface area contributed by atoms with Crippen LogP contribution in [0.2, 0.25) is 0 Å². The van der Waals surface area contributed by atoms with Crippen LogP contribution in [0.5, 0.6) is 0 Å². The molecule has 0 N–H and O–H groups in total. The summed E-state index contributed by atoms with van der Waals surface area (Å²) in [5.41, 5.74) is 0.903. The zero-order valence-corrected chi connectivity index (χ0v) is 14.9. The number of piperidine rings is 1. The Kier molecular flexibility index (Phi) is 4.80. The molecular weight excluding hydrogens is 358 g/mol. The maximum absolute atomic E-state index is 12.4. The zero-order valence-electron chi connectivity index (χ0n) is 13.3. The van der Waals surface area contributed by atoms with Crippen molar-refractivity contribution in [2.75, 3.05) is 6.54 Å². The van der Waals surface area contributed by atoms with Gasteiger partial charge in [-0.3, -0.25) is 4.79 Å². The van der Waals surface area contributed by atoms with Crippen LogP contribution in [0.3, 0.4) is 0 Å². The van der Waals surface area contributed by atoms with Crippen LogP contribution in [0.1, 0.15) is 45.0 Å². The number of carbonyl (C=O) groups excluding carboxylic acids is 1. The molecule has 0 saturated carbocycles. The highest BCUT2D eigenvalue weighted by Gasteiger charge is 2.33. The zero-order chi connectivity index (χ0) is 16.4. The largest absolute Gasteiger partial charge is 0.337 e. The summed E-state index contributed by atoms with van der Waals surface area (Å²) in [4.78, 5) is 18.9. The van der Waals surface area contributed by atoms with Crippen molar-refractivity contribution in [1.82, 2.24) is 15.0 Å². The van der Waals surface area contributed by atoms with Gasteiger partial charge in [0, 0.05) is 22.5 Å². The topological polar surface area (TPSA) is 59.2 Å². The number of carbonyl (C=O) groups is 1. The molecule has 1 aromatic heterocycles. The summed E-state index contributed by atoms with van der Waals surface area (Å²) in [6.45, 7) is 4.61. The molecule has 0 bridgehead atoms. The van der Waals surface area contributed by atoms with E-state index in [1.165, 1.54) is 0 Å². The number of halogens is 1. The van der Waals surface area contributed by atoms with Crippen molar-refractivity contribution in [3.63, 3.8) is 0 Å². The molecule has 23 heavy (non-hydrogen) atoms. The predicted molar refractivity (Wildman–Crippen MR) is 90.6 cm³/mol. The van der Waals surface area contributed by atoms with E-state index in [-0.39, 0.29) is 17.9 Å². The highest BCUT2D eigenvalue weighted by molar-refractivity contribution is 9.10. The first kappa shape index (κ1) is 16.2. The summed E-state index contributed by atoms with van der Waals surface area (Å²) in [5, 5.41) is 4.09. The minimum absolute atomic E-state index is 0.0236. The summed E-state index contributed by atoms with van der Waals surface area (Å²) in [7, 11) is 0. The van der Waals surface area contributed by atoms with Crippen LogP contribution in [0.4, 0.5) is 0 Å². The van der Waals surface area contributed by atoms with E-state index in [0.717, 1.165) is 35.8 Å². The summed E-state index contributed by atoms with van der Waals surface area (Å²) in [6, 6.07) is 7.67. The fraction of sp³-hybridized carbons (Fsp3) is 0.471. The van der Waals surface area contributed by atoms with Crippen molar-refractivity contribution in [2.24, 2.45) is 5.92 Å². The van der Waals surface area contributed by atoms with Crippen molar-refractivity contribution >= 4 is 21.8 Å². The van der Waals surface area contributed by atoms with Crippen LogP contribution in [0, 0.1) is 5.92 Å². The number of benzene rings is 1. The SMILES string of the molecule is CC(C)C(=O)N1CCCC[C@H]1c1nc(-c2ccc(Br)cc2)no1. The average molecular weight is 378 g/mol. The van der Waals surface area contributed by atoms with Gasteiger partial charge in [-0.2, -0.15) is 4.98 Å². The first-order valence-corrected chi connectivity index (χ1v) is 8.75. The van der Waals surface area contributed by atoms with Gasteiger partial charge in [0.05, 0.1) is 0 Å². The van der Waals surface area contributed by atoms with Gasteiger partial charge >= 0.3 is 0 Å². The quantitative estimate of drug-likeness (QED) is 0.803. The van der Waals surface area contributed by atoms with Crippen LogP contribution < -0.4 is 0 Å². The van der Waals surface area contributed by atoms with Crippen molar-refractivity contribution in [2.45, 2.75) is 39.2 Å². The fourth-order valence-electron chi connectivity index (χ4n) is 2.87. The number of amides is 1. The van der Waals surface area contributed by atoms with Crippen LogP contribution in [0.25, 0.3) is 11.4 Å². The van der Waals surface area contributed by atoms with E-state index in [4.69, 9.17) is 4.52 Å². The highest BCUT2D eigenvalue weighted by Crippen LogP contribution is 2.32. The summed E-state index contributed by atoms with van der Waals surface area (Å²) in [6.07, 6.45) is 2.98. The monoisotopic (exact) mass is 377 g/mol. The van der Waals surface area contributed by atoms with Crippen LogP contribution in [-0.4, -0.2) is 27.5 Å². The second kappa shape index (κ2) is 6.83. The molecule has 6 heteroatoms. The van der Waals surface area contributed by atoms with Gasteiger partial charge < -0.3 is 9.42 Å². The lowest BCUT2D eigenvalue weighted by Gasteiger charge is -2.34. The van der Waals surface area contributed by atoms with Gasteiger partial charge in [-0.05, 0) is 43.5 Å². The lowest BCUT2D eigenvalue weighted by molar-refractivity contribution is -0.139. The molecule has 1 saturated heterocycles. The number of aromatic nitrogens is 2. The van der Waals surface area contributed by atoms with Gasteiger partial charge in [-0.15, -0.1) is 0 Å². The van der Waals surface area contributed by atoms with Crippen molar-refractivity contribution in [3.05, 3.63) is 34.6 Å². The molecule has 2 aromatic rings.